The third-order valence-corrected chi connectivity index (χ3v) is 5.87. The number of hydrazone groups is 1. The van der Waals surface area contributed by atoms with E-state index in [9.17, 15) is 14.0 Å². The third kappa shape index (κ3) is 5.23. The van der Waals surface area contributed by atoms with Gasteiger partial charge < -0.3 is 26.6 Å². The molecule has 1 aromatic heterocycles. The van der Waals surface area contributed by atoms with Crippen LogP contribution in [0.25, 0.3) is 0 Å². The van der Waals surface area contributed by atoms with Gasteiger partial charge in [-0.25, -0.2) is 20.2 Å². The Hall–Kier alpha value is -4.58. The van der Waals surface area contributed by atoms with Gasteiger partial charge in [-0.2, -0.15) is 5.10 Å². The third-order valence-electron chi connectivity index (χ3n) is 5.87. The molecule has 0 fully saturated rings. The van der Waals surface area contributed by atoms with Crippen LogP contribution in [0.5, 0.6) is 5.75 Å². The molecule has 12 heteroatoms. The topological polar surface area (TPSA) is 170 Å². The molecule has 1 atom stereocenters. The van der Waals surface area contributed by atoms with Crippen LogP contribution in [0.1, 0.15) is 55.7 Å². The van der Waals surface area contributed by atoms with E-state index in [1.807, 2.05) is 18.2 Å². The second-order valence-corrected chi connectivity index (χ2v) is 8.04. The van der Waals surface area contributed by atoms with Crippen molar-refractivity contribution in [1.29, 1.82) is 0 Å². The number of fused-ring (bicyclic) bond motifs is 1. The van der Waals surface area contributed by atoms with Gasteiger partial charge in [0.1, 0.15) is 17.7 Å². The van der Waals surface area contributed by atoms with Crippen LogP contribution in [0.3, 0.4) is 0 Å². The molecule has 0 aliphatic heterocycles. The minimum Gasteiger partial charge on any atom is -0.494 e. The van der Waals surface area contributed by atoms with Crippen molar-refractivity contribution in [2.45, 2.75) is 25.4 Å². The van der Waals surface area contributed by atoms with Gasteiger partial charge in [0.15, 0.2) is 17.4 Å². The second kappa shape index (κ2) is 10.8. The Balaban J connectivity index is 1.41. The van der Waals surface area contributed by atoms with Crippen LogP contribution in [-0.4, -0.2) is 34.7 Å². The minimum absolute atomic E-state index is 0.0311. The van der Waals surface area contributed by atoms with Crippen LogP contribution in [-0.2, 0) is 13.0 Å². The lowest BCUT2D eigenvalue weighted by atomic mass is 10.0. The lowest BCUT2D eigenvalue weighted by molar-refractivity contribution is 0.0931. The van der Waals surface area contributed by atoms with Crippen molar-refractivity contribution in [3.63, 3.8) is 0 Å². The van der Waals surface area contributed by atoms with Crippen molar-refractivity contribution in [3.05, 3.63) is 88.3 Å². The number of nitrogens with two attached hydrogens (primary N) is 2. The van der Waals surface area contributed by atoms with Crippen molar-refractivity contribution in [3.8, 4) is 5.75 Å². The summed E-state index contributed by atoms with van der Waals surface area (Å²) in [6, 6.07) is 11.0. The maximum Gasteiger partial charge on any atom is 0.270 e. The van der Waals surface area contributed by atoms with Crippen LogP contribution in [0, 0.1) is 5.82 Å². The van der Waals surface area contributed by atoms with Gasteiger partial charge in [-0.15, -0.1) is 0 Å². The van der Waals surface area contributed by atoms with E-state index in [0.717, 1.165) is 29.4 Å². The molecule has 7 N–H and O–H groups in total. The molecule has 1 aliphatic carbocycles. The van der Waals surface area contributed by atoms with Gasteiger partial charge in [-0.3, -0.25) is 9.59 Å². The summed E-state index contributed by atoms with van der Waals surface area (Å²) in [5.41, 5.74) is 5.96. The Bertz CT molecular complexity index is 1330. The predicted molar refractivity (Wildman–Crippen MR) is 129 cm³/mol. The zero-order valence-electron chi connectivity index (χ0n) is 19.4. The molecule has 1 heterocycles. The molecular formula is C24H25FN8O3. The average molecular weight is 493 g/mol. The summed E-state index contributed by atoms with van der Waals surface area (Å²) >= 11 is 0. The maximum absolute atomic E-state index is 13.6. The first-order valence-corrected chi connectivity index (χ1v) is 11.0. The minimum atomic E-state index is -0.501. The van der Waals surface area contributed by atoms with Gasteiger partial charge in [-0.05, 0) is 47.7 Å². The normalized spacial score (nSPS) is 14.6. The fraction of sp³-hybridized carbons (Fsp3) is 0.208. The number of hydrazine groups is 1. The van der Waals surface area contributed by atoms with Crippen molar-refractivity contribution < 1.29 is 18.7 Å². The summed E-state index contributed by atoms with van der Waals surface area (Å²) in [7, 11) is 1.36. The fourth-order valence-electron chi connectivity index (χ4n) is 4.03. The first kappa shape index (κ1) is 24.5. The number of hydrogen-bond acceptors (Lipinski definition) is 8. The summed E-state index contributed by atoms with van der Waals surface area (Å²) in [4.78, 5) is 33.5. The Morgan fingerprint density at radius 1 is 1.14 bits per heavy atom. The van der Waals surface area contributed by atoms with E-state index in [-0.39, 0.29) is 29.7 Å². The number of ether oxygens (including phenoxy) is 1. The predicted octanol–water partition coefficient (Wildman–Crippen LogP) is 1.06. The molecule has 11 nitrogen and oxygen atoms in total. The first-order valence-electron chi connectivity index (χ1n) is 11.0. The van der Waals surface area contributed by atoms with Gasteiger partial charge >= 0.3 is 0 Å². The zero-order valence-corrected chi connectivity index (χ0v) is 19.4. The molecule has 2 amide bonds. The molecule has 3 aromatic rings. The number of nitrogens with one attached hydrogen (secondary N) is 3. The lowest BCUT2D eigenvalue weighted by Crippen LogP contribution is -2.32. The van der Waals surface area contributed by atoms with E-state index in [1.54, 1.807) is 0 Å². The van der Waals surface area contributed by atoms with Crippen molar-refractivity contribution in [2.75, 3.05) is 7.11 Å². The highest BCUT2D eigenvalue weighted by Crippen LogP contribution is 2.32. The molecule has 0 bridgehead atoms. The highest BCUT2D eigenvalue weighted by Gasteiger charge is 2.26. The summed E-state index contributed by atoms with van der Waals surface area (Å²) < 4.78 is 18.5. The number of aryl methyl sites for hydroxylation is 1. The number of aromatic nitrogens is 2. The van der Waals surface area contributed by atoms with Gasteiger partial charge in [0, 0.05) is 18.2 Å². The number of benzene rings is 2. The fourth-order valence-corrected chi connectivity index (χ4v) is 4.03. The Labute approximate surface area is 206 Å². The van der Waals surface area contributed by atoms with Gasteiger partial charge in [0.2, 0.25) is 0 Å². The van der Waals surface area contributed by atoms with E-state index in [2.05, 4.69) is 31.1 Å². The van der Waals surface area contributed by atoms with Crippen molar-refractivity contribution >= 4 is 17.6 Å². The number of amidine groups is 1. The molecule has 2 aromatic carbocycles. The van der Waals surface area contributed by atoms with E-state index in [0.29, 0.717) is 17.8 Å². The van der Waals surface area contributed by atoms with E-state index in [4.69, 9.17) is 16.4 Å². The lowest BCUT2D eigenvalue weighted by Gasteiger charge is -2.15. The molecule has 0 saturated carbocycles. The van der Waals surface area contributed by atoms with E-state index >= 15 is 0 Å². The Kier molecular flexibility index (Phi) is 7.35. The van der Waals surface area contributed by atoms with E-state index < -0.39 is 17.6 Å². The number of halogens is 1. The summed E-state index contributed by atoms with van der Waals surface area (Å²) in [5.74, 6) is 9.80. The molecule has 0 radical (unpaired) electrons. The maximum atomic E-state index is 13.6. The van der Waals surface area contributed by atoms with Crippen molar-refractivity contribution in [2.24, 2.45) is 16.8 Å². The summed E-state index contributed by atoms with van der Waals surface area (Å²) in [6.45, 7) is 0.123. The smallest absolute Gasteiger partial charge is 0.270 e. The standard InChI is InChI=1S/C24H25FN8O3/c1-36-21-8-13(2-6-17(21)25)11-28-23(34)19-10-20(30-12-29-19)24(35)31-18-7-4-14-9-15(3-5-16(14)18)22(32-26)33-27/h2-3,5-6,8-10,12,18H,4,7,11,26-27H2,1H3,(H,28,34)(H,31,35)(H,32,33). The number of methoxy groups -OCH3 is 1. The largest absolute Gasteiger partial charge is 0.494 e. The number of carbonyl (C=O) groups is 2. The van der Waals surface area contributed by atoms with Crippen LogP contribution in [0.2, 0.25) is 0 Å². The molecule has 4 rings (SSSR count). The van der Waals surface area contributed by atoms with Crippen LogP contribution in [0.15, 0.2) is 53.9 Å². The Morgan fingerprint density at radius 3 is 2.64 bits per heavy atom. The molecule has 1 unspecified atom stereocenters. The first-order chi connectivity index (χ1) is 17.4. The SMILES string of the molecule is COc1cc(CNC(=O)c2cc(C(=O)NC3CCc4cc(/C(=N/N)NN)ccc43)ncn2)ccc1F. The summed E-state index contributed by atoms with van der Waals surface area (Å²) in [5, 5.41) is 9.27. The summed E-state index contributed by atoms with van der Waals surface area (Å²) in [6.07, 6.45) is 2.62. The number of rotatable bonds is 7. The van der Waals surface area contributed by atoms with Gasteiger partial charge in [0.25, 0.3) is 11.8 Å². The number of nitrogens with zero attached hydrogens (tertiary/aromatic N) is 3. The molecule has 1 aliphatic rings. The van der Waals surface area contributed by atoms with Crippen LogP contribution >= 0.6 is 0 Å². The van der Waals surface area contributed by atoms with Crippen LogP contribution < -0.4 is 32.5 Å². The molecule has 36 heavy (non-hydrogen) atoms. The highest BCUT2D eigenvalue weighted by atomic mass is 19.1. The van der Waals surface area contributed by atoms with Gasteiger partial charge in [0.05, 0.1) is 13.2 Å². The van der Waals surface area contributed by atoms with Crippen LogP contribution in [0.4, 0.5) is 4.39 Å². The number of amides is 2. The zero-order chi connectivity index (χ0) is 25.7. The van der Waals surface area contributed by atoms with Crippen molar-refractivity contribution in [1.82, 2.24) is 26.0 Å². The molecule has 0 saturated heterocycles. The molecule has 0 spiro atoms. The Morgan fingerprint density at radius 2 is 1.92 bits per heavy atom. The average Bonchev–Trinajstić information content (AvgIpc) is 3.30. The molecule has 186 valence electrons. The number of carbonyl (C=O) groups excluding carboxylic acids is 2. The monoisotopic (exact) mass is 492 g/mol. The number of hydrogen-bond donors (Lipinski definition) is 5. The highest BCUT2D eigenvalue weighted by molar-refractivity contribution is 5.99. The van der Waals surface area contributed by atoms with E-state index in [1.165, 1.54) is 31.4 Å². The molecular weight excluding hydrogens is 467 g/mol. The second-order valence-electron chi connectivity index (χ2n) is 8.04. The van der Waals surface area contributed by atoms with Gasteiger partial charge in [-0.1, -0.05) is 18.2 Å². The quantitative estimate of drug-likeness (QED) is 0.141.